The summed E-state index contributed by atoms with van der Waals surface area (Å²) in [6.45, 7) is 5.27. The fourth-order valence-corrected chi connectivity index (χ4v) is 3.94. The largest absolute Gasteiger partial charge is 0.318 e. The number of aromatic nitrogens is 1. The second kappa shape index (κ2) is 8.90. The van der Waals surface area contributed by atoms with E-state index in [1.54, 1.807) is 29.9 Å². The highest BCUT2D eigenvalue weighted by Gasteiger charge is 2.13. The Bertz CT molecular complexity index is 1250. The molecule has 0 saturated heterocycles. The van der Waals surface area contributed by atoms with Crippen molar-refractivity contribution in [2.24, 2.45) is 7.05 Å². The number of nitrogens with zero attached hydrogens (tertiary/aromatic N) is 1. The van der Waals surface area contributed by atoms with Gasteiger partial charge in [-0.25, -0.2) is 8.42 Å². The minimum Gasteiger partial charge on any atom is -0.318 e. The van der Waals surface area contributed by atoms with E-state index in [0.29, 0.717) is 29.1 Å². The van der Waals surface area contributed by atoms with Gasteiger partial charge in [0.2, 0.25) is 0 Å². The highest BCUT2D eigenvalue weighted by molar-refractivity contribution is 7.95. The second-order valence-electron chi connectivity index (χ2n) is 7.01. The molecule has 0 atom stereocenters. The molecule has 30 heavy (non-hydrogen) atoms. The van der Waals surface area contributed by atoms with Crippen molar-refractivity contribution in [2.45, 2.75) is 19.8 Å². The van der Waals surface area contributed by atoms with Crippen LogP contribution >= 0.6 is 11.6 Å². The number of pyridine rings is 1. The minimum absolute atomic E-state index is 0.0379. The first-order chi connectivity index (χ1) is 14.2. The van der Waals surface area contributed by atoms with Crippen LogP contribution in [-0.2, 0) is 29.9 Å². The molecule has 3 rings (SSSR count). The van der Waals surface area contributed by atoms with Crippen molar-refractivity contribution >= 4 is 27.3 Å². The average molecular weight is 443 g/mol. The number of hydrogen-bond acceptors (Lipinski definition) is 3. The van der Waals surface area contributed by atoms with Crippen molar-refractivity contribution in [2.75, 3.05) is 4.72 Å². The average Bonchev–Trinajstić information content (AvgIpc) is 2.72. The number of halogens is 1. The molecule has 0 saturated carbocycles. The Morgan fingerprint density at radius 3 is 2.43 bits per heavy atom. The Kier molecular flexibility index (Phi) is 6.48. The van der Waals surface area contributed by atoms with Gasteiger partial charge in [-0.3, -0.25) is 9.52 Å². The lowest BCUT2D eigenvalue weighted by Crippen LogP contribution is -2.20. The molecular weight excluding hydrogens is 420 g/mol. The van der Waals surface area contributed by atoms with Gasteiger partial charge in [0, 0.05) is 34.9 Å². The van der Waals surface area contributed by atoms with Gasteiger partial charge in [-0.2, -0.15) is 0 Å². The Balaban J connectivity index is 2.15. The molecule has 1 N–H and O–H groups in total. The summed E-state index contributed by atoms with van der Waals surface area (Å²) in [5.74, 6) is 0. The number of anilines is 1. The van der Waals surface area contributed by atoms with Crippen molar-refractivity contribution < 1.29 is 8.42 Å². The molecule has 0 spiro atoms. The summed E-state index contributed by atoms with van der Waals surface area (Å²) in [6, 6.07) is 14.9. The smallest absolute Gasteiger partial charge is 0.254 e. The predicted molar refractivity (Wildman–Crippen MR) is 123 cm³/mol. The standard InChI is InChI=1S/C23H23ClN2O3S/c1-4-17-13-19(15-26(3)23(17)27)22-14-21(25-30(28,29)5-2)11-8-18(22)12-16-6-9-20(24)10-7-16/h5-11,13-15,25H,2,4,12H2,1,3H3. The predicted octanol–water partition coefficient (Wildman–Crippen LogP) is 4.74. The lowest BCUT2D eigenvalue weighted by Gasteiger charge is -2.15. The topological polar surface area (TPSA) is 68.2 Å². The van der Waals surface area contributed by atoms with E-state index < -0.39 is 10.0 Å². The van der Waals surface area contributed by atoms with Crippen LogP contribution in [0.5, 0.6) is 0 Å². The van der Waals surface area contributed by atoms with Gasteiger partial charge in [0.05, 0.1) is 0 Å². The van der Waals surface area contributed by atoms with E-state index in [-0.39, 0.29) is 5.56 Å². The van der Waals surface area contributed by atoms with Crippen molar-refractivity contribution in [1.82, 2.24) is 4.57 Å². The van der Waals surface area contributed by atoms with E-state index in [0.717, 1.165) is 27.7 Å². The molecule has 0 fully saturated rings. The summed E-state index contributed by atoms with van der Waals surface area (Å²) in [5, 5.41) is 1.54. The van der Waals surface area contributed by atoms with Gasteiger partial charge in [-0.15, -0.1) is 0 Å². The molecule has 0 aliphatic carbocycles. The van der Waals surface area contributed by atoms with Gasteiger partial charge in [0.25, 0.3) is 15.6 Å². The number of rotatable bonds is 7. The molecule has 1 heterocycles. The first-order valence-corrected chi connectivity index (χ1v) is 11.4. The lowest BCUT2D eigenvalue weighted by molar-refractivity contribution is 0.609. The first-order valence-electron chi connectivity index (χ1n) is 9.45. The van der Waals surface area contributed by atoms with Crippen molar-refractivity contribution in [1.29, 1.82) is 0 Å². The normalized spacial score (nSPS) is 11.3. The Morgan fingerprint density at radius 2 is 1.80 bits per heavy atom. The van der Waals surface area contributed by atoms with Crippen molar-refractivity contribution in [3.05, 3.63) is 98.8 Å². The molecule has 2 aromatic carbocycles. The van der Waals surface area contributed by atoms with Gasteiger partial charge in [0.15, 0.2) is 0 Å². The molecule has 0 unspecified atom stereocenters. The van der Waals surface area contributed by atoms with E-state index in [9.17, 15) is 13.2 Å². The van der Waals surface area contributed by atoms with Crippen LogP contribution in [0.2, 0.25) is 5.02 Å². The van der Waals surface area contributed by atoms with Crippen LogP contribution in [0.15, 0.2) is 71.5 Å². The zero-order valence-corrected chi connectivity index (χ0v) is 18.4. The van der Waals surface area contributed by atoms with Crippen LogP contribution in [0.3, 0.4) is 0 Å². The van der Waals surface area contributed by atoms with Gasteiger partial charge in [-0.05, 0) is 65.4 Å². The van der Waals surface area contributed by atoms with Crippen molar-refractivity contribution in [3.63, 3.8) is 0 Å². The van der Waals surface area contributed by atoms with E-state index in [1.165, 1.54) is 0 Å². The zero-order chi connectivity index (χ0) is 21.9. The Hall–Kier alpha value is -2.83. The maximum absolute atomic E-state index is 12.3. The van der Waals surface area contributed by atoms with Gasteiger partial charge in [0.1, 0.15) is 0 Å². The number of benzene rings is 2. The van der Waals surface area contributed by atoms with E-state index in [2.05, 4.69) is 11.3 Å². The van der Waals surface area contributed by atoms with Crippen molar-refractivity contribution in [3.8, 4) is 11.1 Å². The molecule has 0 aliphatic heterocycles. The molecule has 0 amide bonds. The van der Waals surface area contributed by atoms with Crippen LogP contribution in [0.1, 0.15) is 23.6 Å². The summed E-state index contributed by atoms with van der Waals surface area (Å²) >= 11 is 6.00. The minimum atomic E-state index is -3.63. The SMILES string of the molecule is C=CS(=O)(=O)Nc1ccc(Cc2ccc(Cl)cc2)c(-c2cc(CC)c(=O)n(C)c2)c1. The quantitative estimate of drug-likeness (QED) is 0.574. The number of nitrogens with one attached hydrogen (secondary N) is 1. The highest BCUT2D eigenvalue weighted by Crippen LogP contribution is 2.30. The fourth-order valence-electron chi connectivity index (χ4n) is 3.27. The Morgan fingerprint density at radius 1 is 1.10 bits per heavy atom. The number of aryl methyl sites for hydroxylation is 2. The van der Waals surface area contributed by atoms with Crippen LogP contribution < -0.4 is 10.3 Å². The summed E-state index contributed by atoms with van der Waals surface area (Å²) in [6.07, 6.45) is 3.01. The molecule has 7 heteroatoms. The maximum atomic E-state index is 12.3. The molecule has 0 radical (unpaired) electrons. The Labute approximate surface area is 181 Å². The third kappa shape index (κ3) is 5.01. The summed E-state index contributed by atoms with van der Waals surface area (Å²) in [4.78, 5) is 12.3. The molecule has 156 valence electrons. The monoisotopic (exact) mass is 442 g/mol. The van der Waals surface area contributed by atoms with Gasteiger partial charge in [-0.1, -0.05) is 43.3 Å². The first kappa shape index (κ1) is 21.9. The van der Waals surface area contributed by atoms with Crippen LogP contribution in [0, 0.1) is 0 Å². The second-order valence-corrected chi connectivity index (χ2v) is 9.08. The molecule has 1 aromatic heterocycles. The van der Waals surface area contributed by atoms with Gasteiger partial charge >= 0.3 is 0 Å². The third-order valence-electron chi connectivity index (χ3n) is 4.85. The zero-order valence-electron chi connectivity index (χ0n) is 16.9. The molecule has 5 nitrogen and oxygen atoms in total. The van der Waals surface area contributed by atoms with Gasteiger partial charge < -0.3 is 4.57 Å². The molecular formula is C23H23ClN2O3S. The lowest BCUT2D eigenvalue weighted by atomic mass is 9.94. The van der Waals surface area contributed by atoms with Crippen LogP contribution in [0.4, 0.5) is 5.69 Å². The third-order valence-corrected chi connectivity index (χ3v) is 6.06. The molecule has 3 aromatic rings. The number of hydrogen-bond donors (Lipinski definition) is 1. The van der Waals surface area contributed by atoms with E-state index in [4.69, 9.17) is 11.6 Å². The highest BCUT2D eigenvalue weighted by atomic mass is 35.5. The number of sulfonamides is 1. The summed E-state index contributed by atoms with van der Waals surface area (Å²) < 4.78 is 27.9. The van der Waals surface area contributed by atoms with E-state index >= 15 is 0 Å². The van der Waals surface area contributed by atoms with E-state index in [1.807, 2.05) is 43.3 Å². The molecule has 0 aliphatic rings. The maximum Gasteiger partial charge on any atom is 0.254 e. The summed E-state index contributed by atoms with van der Waals surface area (Å²) in [7, 11) is -1.92. The molecule has 0 bridgehead atoms. The van der Waals surface area contributed by atoms with Crippen LogP contribution in [0.25, 0.3) is 11.1 Å². The fraction of sp³-hybridized carbons (Fsp3) is 0.174. The summed E-state index contributed by atoms with van der Waals surface area (Å²) in [5.41, 5.74) is 4.85. The van der Waals surface area contributed by atoms with Crippen LogP contribution in [-0.4, -0.2) is 13.0 Å².